The molecule has 4 aromatic carbocycles. The fourth-order valence-corrected chi connectivity index (χ4v) is 5.15. The van der Waals surface area contributed by atoms with Gasteiger partial charge >= 0.3 is 0 Å². The Morgan fingerprint density at radius 1 is 0.846 bits per heavy atom. The number of carbonyl (C=O) groups excluding carboxylic acids is 2. The van der Waals surface area contributed by atoms with E-state index in [1.54, 1.807) is 42.5 Å². The van der Waals surface area contributed by atoms with Crippen LogP contribution in [0, 0.1) is 0 Å². The molecule has 0 aliphatic carbocycles. The molecule has 0 bridgehead atoms. The Hall–Kier alpha value is -4.01. The summed E-state index contributed by atoms with van der Waals surface area (Å²) in [7, 11) is -3.83. The molecule has 2 N–H and O–H groups in total. The highest BCUT2D eigenvalue weighted by Crippen LogP contribution is 2.19. The van der Waals surface area contributed by atoms with E-state index < -0.39 is 34.3 Å². The molecule has 0 spiro atoms. The van der Waals surface area contributed by atoms with E-state index in [4.69, 9.17) is 4.74 Å². The minimum atomic E-state index is -3.83. The van der Waals surface area contributed by atoms with Crippen molar-refractivity contribution in [2.45, 2.75) is 43.7 Å². The van der Waals surface area contributed by atoms with Crippen LogP contribution in [0.1, 0.15) is 42.1 Å². The number of rotatable bonds is 13. The molecule has 39 heavy (non-hydrogen) atoms. The van der Waals surface area contributed by atoms with Crippen LogP contribution >= 0.6 is 0 Å². The van der Waals surface area contributed by atoms with E-state index in [0.29, 0.717) is 30.8 Å². The van der Waals surface area contributed by atoms with Gasteiger partial charge in [-0.05, 0) is 65.2 Å². The molecular weight excluding hydrogens is 512 g/mol. The Labute approximate surface area is 229 Å². The number of amides is 1. The topological polar surface area (TPSA) is 102 Å². The maximum absolute atomic E-state index is 12.9. The first-order valence-electron chi connectivity index (χ1n) is 12.9. The molecule has 0 saturated heterocycles. The summed E-state index contributed by atoms with van der Waals surface area (Å²) in [5, 5.41) is 5.09. The molecule has 0 heterocycles. The summed E-state index contributed by atoms with van der Waals surface area (Å²) < 4.78 is 33.2. The quantitative estimate of drug-likeness (QED) is 0.239. The number of hydrogen-bond acceptors (Lipinski definition) is 5. The van der Waals surface area contributed by atoms with E-state index in [1.165, 1.54) is 17.5 Å². The molecule has 1 unspecified atom stereocenters. The summed E-state index contributed by atoms with van der Waals surface area (Å²) in [6.07, 6.45) is 1.96. The highest BCUT2D eigenvalue weighted by molar-refractivity contribution is 7.89. The van der Waals surface area contributed by atoms with Gasteiger partial charge in [-0.3, -0.25) is 9.59 Å². The number of carbonyl (C=O) groups is 2. The molecule has 1 atom stereocenters. The summed E-state index contributed by atoms with van der Waals surface area (Å²) in [5.41, 5.74) is 1.42. The van der Waals surface area contributed by atoms with Crippen molar-refractivity contribution in [3.8, 4) is 5.75 Å². The number of Topliss-reactive ketones (excluding diaryl/α,β-unsaturated/α-hetero) is 1. The van der Waals surface area contributed by atoms with E-state index >= 15 is 0 Å². The SMILES string of the molecule is CCCCC(NC(=O)c1ccc(OCc2ccc3ccccc3c2)cc1)C(=O)CNS(=O)(=O)c1ccccc1. The lowest BCUT2D eigenvalue weighted by Gasteiger charge is -2.18. The molecule has 202 valence electrons. The Balaban J connectivity index is 1.34. The van der Waals surface area contributed by atoms with E-state index in [1.807, 2.05) is 25.1 Å². The molecule has 0 fully saturated rings. The van der Waals surface area contributed by atoms with Crippen LogP contribution in [-0.2, 0) is 21.4 Å². The second kappa shape index (κ2) is 13.2. The number of hydrogen-bond donors (Lipinski definition) is 2. The highest BCUT2D eigenvalue weighted by Gasteiger charge is 2.23. The lowest BCUT2D eigenvalue weighted by atomic mass is 10.0. The molecule has 0 aromatic heterocycles. The monoisotopic (exact) mass is 544 g/mol. The Kier molecular flexibility index (Phi) is 9.46. The smallest absolute Gasteiger partial charge is 0.251 e. The first kappa shape index (κ1) is 28.0. The predicted molar refractivity (Wildman–Crippen MR) is 152 cm³/mol. The van der Waals surface area contributed by atoms with E-state index in [-0.39, 0.29) is 4.90 Å². The van der Waals surface area contributed by atoms with Gasteiger partial charge in [0.05, 0.1) is 17.5 Å². The van der Waals surface area contributed by atoms with Gasteiger partial charge in [-0.2, -0.15) is 0 Å². The lowest BCUT2D eigenvalue weighted by Crippen LogP contribution is -2.45. The van der Waals surface area contributed by atoms with Gasteiger partial charge in [0.15, 0.2) is 5.78 Å². The molecule has 0 radical (unpaired) electrons. The Morgan fingerprint density at radius 3 is 2.26 bits per heavy atom. The maximum atomic E-state index is 12.9. The van der Waals surface area contributed by atoms with Crippen molar-refractivity contribution in [3.63, 3.8) is 0 Å². The average Bonchev–Trinajstić information content (AvgIpc) is 2.97. The van der Waals surface area contributed by atoms with Gasteiger partial charge in [0, 0.05) is 5.56 Å². The van der Waals surface area contributed by atoms with Crippen molar-refractivity contribution in [2.24, 2.45) is 0 Å². The number of nitrogens with one attached hydrogen (secondary N) is 2. The molecule has 0 aliphatic heterocycles. The normalized spacial score (nSPS) is 12.1. The van der Waals surface area contributed by atoms with Crippen molar-refractivity contribution in [3.05, 3.63) is 108 Å². The Morgan fingerprint density at radius 2 is 1.54 bits per heavy atom. The van der Waals surface area contributed by atoms with Gasteiger partial charge < -0.3 is 10.1 Å². The van der Waals surface area contributed by atoms with Crippen molar-refractivity contribution >= 4 is 32.5 Å². The van der Waals surface area contributed by atoms with Crippen LogP contribution in [0.15, 0.2) is 102 Å². The van der Waals surface area contributed by atoms with Crippen LogP contribution < -0.4 is 14.8 Å². The van der Waals surface area contributed by atoms with Crippen LogP contribution in [0.2, 0.25) is 0 Å². The lowest BCUT2D eigenvalue weighted by molar-refractivity contribution is -0.120. The van der Waals surface area contributed by atoms with E-state index in [0.717, 1.165) is 17.4 Å². The molecule has 4 aromatic rings. The average molecular weight is 545 g/mol. The first-order valence-corrected chi connectivity index (χ1v) is 14.4. The van der Waals surface area contributed by atoms with Crippen LogP contribution in [0.3, 0.4) is 0 Å². The van der Waals surface area contributed by atoms with Crippen molar-refractivity contribution < 1.29 is 22.7 Å². The first-order chi connectivity index (χ1) is 18.9. The number of ether oxygens (including phenoxy) is 1. The minimum Gasteiger partial charge on any atom is -0.489 e. The van der Waals surface area contributed by atoms with Crippen molar-refractivity contribution in [1.82, 2.24) is 10.0 Å². The second-order valence-electron chi connectivity index (χ2n) is 9.27. The number of ketones is 1. The van der Waals surface area contributed by atoms with Crippen LogP contribution in [0.25, 0.3) is 10.8 Å². The van der Waals surface area contributed by atoms with Gasteiger partial charge in [-0.25, -0.2) is 13.1 Å². The largest absolute Gasteiger partial charge is 0.489 e. The zero-order chi connectivity index (χ0) is 27.7. The van der Waals surface area contributed by atoms with E-state index in [2.05, 4.69) is 34.3 Å². The fourth-order valence-electron chi connectivity index (χ4n) is 4.13. The molecule has 7 nitrogen and oxygen atoms in total. The molecule has 1 amide bonds. The molecular formula is C31H32N2O5S. The predicted octanol–water partition coefficient (Wildman–Crippen LogP) is 5.26. The third-order valence-corrected chi connectivity index (χ3v) is 7.78. The van der Waals surface area contributed by atoms with Gasteiger partial charge in [-0.1, -0.05) is 74.4 Å². The van der Waals surface area contributed by atoms with Crippen LogP contribution in [-0.4, -0.2) is 32.7 Å². The highest BCUT2D eigenvalue weighted by atomic mass is 32.2. The number of sulfonamides is 1. The van der Waals surface area contributed by atoms with Gasteiger partial charge in [0.1, 0.15) is 12.4 Å². The number of fused-ring (bicyclic) bond motifs is 1. The standard InChI is InChI=1S/C31H32N2O5S/c1-2-3-13-29(30(34)21-32-39(36,37)28-11-5-4-6-12-28)33-31(35)25-16-18-27(19-17-25)38-22-23-14-15-24-9-7-8-10-26(24)20-23/h4-12,14-20,29,32H,2-3,13,21-22H2,1H3,(H,33,35). The zero-order valence-electron chi connectivity index (χ0n) is 21.8. The van der Waals surface area contributed by atoms with Gasteiger partial charge in [0.2, 0.25) is 10.0 Å². The minimum absolute atomic E-state index is 0.0786. The van der Waals surface area contributed by atoms with Crippen LogP contribution in [0.5, 0.6) is 5.75 Å². The third-order valence-electron chi connectivity index (χ3n) is 6.37. The van der Waals surface area contributed by atoms with Crippen molar-refractivity contribution in [2.75, 3.05) is 6.54 Å². The molecule has 4 rings (SSSR count). The van der Waals surface area contributed by atoms with Crippen molar-refractivity contribution in [1.29, 1.82) is 0 Å². The summed E-state index contributed by atoms with van der Waals surface area (Å²) >= 11 is 0. The number of unbranched alkanes of at least 4 members (excludes halogenated alkanes) is 1. The molecule has 8 heteroatoms. The summed E-state index contributed by atoms with van der Waals surface area (Å²) in [5.74, 6) is -0.184. The van der Waals surface area contributed by atoms with Gasteiger partial charge in [-0.15, -0.1) is 0 Å². The van der Waals surface area contributed by atoms with Gasteiger partial charge in [0.25, 0.3) is 5.91 Å². The fraction of sp³-hybridized carbons (Fsp3) is 0.226. The molecule has 0 aliphatic rings. The summed E-state index contributed by atoms with van der Waals surface area (Å²) in [4.78, 5) is 25.9. The maximum Gasteiger partial charge on any atom is 0.251 e. The Bertz CT molecular complexity index is 1520. The third kappa shape index (κ3) is 7.75. The zero-order valence-corrected chi connectivity index (χ0v) is 22.6. The second-order valence-corrected chi connectivity index (χ2v) is 11.0. The molecule has 0 saturated carbocycles. The summed E-state index contributed by atoms with van der Waals surface area (Å²) in [6, 6.07) is 28.1. The van der Waals surface area contributed by atoms with E-state index in [9.17, 15) is 18.0 Å². The number of benzene rings is 4. The van der Waals surface area contributed by atoms with Crippen LogP contribution in [0.4, 0.5) is 0 Å². The summed E-state index contributed by atoms with van der Waals surface area (Å²) in [6.45, 7) is 1.97.